The van der Waals surface area contributed by atoms with Crippen LogP contribution in [0.25, 0.3) is 10.6 Å². The number of hydrogen-bond donors (Lipinski definition) is 2. The zero-order chi connectivity index (χ0) is 17.1. The van der Waals surface area contributed by atoms with Crippen molar-refractivity contribution in [3.05, 3.63) is 62.8 Å². The van der Waals surface area contributed by atoms with Crippen LogP contribution in [-0.4, -0.2) is 16.8 Å². The summed E-state index contributed by atoms with van der Waals surface area (Å²) in [6.45, 7) is 3.73. The van der Waals surface area contributed by atoms with E-state index in [1.165, 1.54) is 11.3 Å². The average molecular weight is 357 g/mol. The monoisotopic (exact) mass is 357 g/mol. The summed E-state index contributed by atoms with van der Waals surface area (Å²) in [5.74, 6) is -0.726. The molecule has 0 aliphatic heterocycles. The molecule has 0 aliphatic rings. The van der Waals surface area contributed by atoms with Crippen LogP contribution in [0.2, 0.25) is 0 Å². The number of benzene rings is 1. The van der Waals surface area contributed by atoms with Crippen LogP contribution in [0, 0.1) is 13.8 Å². The highest BCUT2D eigenvalue weighted by molar-refractivity contribution is 7.17. The van der Waals surface area contributed by atoms with Crippen LogP contribution in [-0.2, 0) is 0 Å². The molecule has 2 aromatic heterocycles. The van der Waals surface area contributed by atoms with E-state index in [4.69, 9.17) is 0 Å². The van der Waals surface area contributed by atoms with Crippen molar-refractivity contribution >= 4 is 34.5 Å². The Morgan fingerprint density at radius 1 is 1.00 bits per heavy atom. The van der Waals surface area contributed by atoms with Crippen molar-refractivity contribution in [3.8, 4) is 10.6 Å². The van der Waals surface area contributed by atoms with Gasteiger partial charge >= 0.3 is 0 Å². The quantitative estimate of drug-likeness (QED) is 0.704. The Kier molecular flexibility index (Phi) is 4.73. The van der Waals surface area contributed by atoms with Gasteiger partial charge in [-0.3, -0.25) is 20.4 Å². The van der Waals surface area contributed by atoms with Gasteiger partial charge in [0.1, 0.15) is 9.88 Å². The molecule has 0 radical (unpaired) electrons. The number of nitrogens with zero attached hydrogens (tertiary/aromatic N) is 1. The minimum atomic E-state index is -0.369. The fourth-order valence-corrected chi connectivity index (χ4v) is 3.74. The summed E-state index contributed by atoms with van der Waals surface area (Å²) in [5, 5.41) is 4.75. The fraction of sp³-hybridized carbons (Fsp3) is 0.118. The fourth-order valence-electron chi connectivity index (χ4n) is 2.06. The Bertz CT molecular complexity index is 868. The third-order valence-electron chi connectivity index (χ3n) is 3.37. The van der Waals surface area contributed by atoms with Gasteiger partial charge in [0.15, 0.2) is 0 Å². The maximum Gasteiger partial charge on any atom is 0.281 e. The molecule has 0 unspecified atom stereocenters. The van der Waals surface area contributed by atoms with Crippen molar-refractivity contribution in [3.63, 3.8) is 0 Å². The van der Waals surface area contributed by atoms with Crippen LogP contribution >= 0.6 is 22.7 Å². The molecule has 0 saturated carbocycles. The molecule has 7 heteroatoms. The van der Waals surface area contributed by atoms with E-state index < -0.39 is 0 Å². The van der Waals surface area contributed by atoms with Crippen molar-refractivity contribution in [1.29, 1.82) is 0 Å². The lowest BCUT2D eigenvalue weighted by Gasteiger charge is -2.06. The highest BCUT2D eigenvalue weighted by Crippen LogP contribution is 2.29. The standard InChI is InChI=1S/C17H15N3O2S2/c1-10-3-5-12(6-4-10)15(21)19-20-16(22)14-11(2)18-17(24-14)13-7-8-23-9-13/h3-9H,1-2H3,(H,19,21)(H,20,22). The van der Waals surface area contributed by atoms with Crippen molar-refractivity contribution < 1.29 is 9.59 Å². The smallest absolute Gasteiger partial charge is 0.267 e. The lowest BCUT2D eigenvalue weighted by molar-refractivity contribution is 0.0848. The number of hydrazine groups is 1. The summed E-state index contributed by atoms with van der Waals surface area (Å²) >= 11 is 2.89. The van der Waals surface area contributed by atoms with Crippen LogP contribution in [0.4, 0.5) is 0 Å². The largest absolute Gasteiger partial charge is 0.281 e. The third-order valence-corrected chi connectivity index (χ3v) is 5.26. The normalized spacial score (nSPS) is 10.4. The van der Waals surface area contributed by atoms with Crippen molar-refractivity contribution in [1.82, 2.24) is 15.8 Å². The Labute approximate surface area is 147 Å². The van der Waals surface area contributed by atoms with Crippen LogP contribution in [0.15, 0.2) is 41.1 Å². The lowest BCUT2D eigenvalue weighted by Crippen LogP contribution is -2.41. The van der Waals surface area contributed by atoms with Crippen LogP contribution < -0.4 is 10.9 Å². The number of carbonyl (C=O) groups excluding carboxylic acids is 2. The summed E-state index contributed by atoms with van der Waals surface area (Å²) in [7, 11) is 0. The molecule has 0 atom stereocenters. The minimum Gasteiger partial charge on any atom is -0.267 e. The van der Waals surface area contributed by atoms with Gasteiger partial charge in [0.25, 0.3) is 11.8 Å². The van der Waals surface area contributed by atoms with Crippen LogP contribution in [0.5, 0.6) is 0 Å². The highest BCUT2D eigenvalue weighted by Gasteiger charge is 2.17. The summed E-state index contributed by atoms with van der Waals surface area (Å²) in [6, 6.07) is 9.07. The molecule has 0 bridgehead atoms. The first-order valence-electron chi connectivity index (χ1n) is 7.22. The Balaban J connectivity index is 1.67. The molecular formula is C17H15N3O2S2. The van der Waals surface area contributed by atoms with Gasteiger partial charge in [-0.1, -0.05) is 17.7 Å². The van der Waals surface area contributed by atoms with Gasteiger partial charge < -0.3 is 0 Å². The van der Waals surface area contributed by atoms with E-state index in [2.05, 4.69) is 15.8 Å². The maximum atomic E-state index is 12.3. The topological polar surface area (TPSA) is 71.1 Å². The van der Waals surface area contributed by atoms with E-state index in [0.717, 1.165) is 16.1 Å². The molecule has 3 rings (SSSR count). The summed E-state index contributed by atoms with van der Waals surface area (Å²) in [5.41, 5.74) is 8.07. The molecule has 5 nitrogen and oxygen atoms in total. The molecule has 2 heterocycles. The van der Waals surface area contributed by atoms with E-state index in [9.17, 15) is 9.59 Å². The summed E-state index contributed by atoms with van der Waals surface area (Å²) in [4.78, 5) is 29.2. The Morgan fingerprint density at radius 2 is 1.71 bits per heavy atom. The van der Waals surface area contributed by atoms with Gasteiger partial charge in [-0.2, -0.15) is 11.3 Å². The second kappa shape index (κ2) is 6.94. The number of hydrogen-bond acceptors (Lipinski definition) is 5. The molecule has 1 aromatic carbocycles. The predicted octanol–water partition coefficient (Wildman–Crippen LogP) is 3.56. The first-order chi connectivity index (χ1) is 11.5. The maximum absolute atomic E-state index is 12.3. The van der Waals surface area contributed by atoms with E-state index in [0.29, 0.717) is 16.1 Å². The summed E-state index contributed by atoms with van der Waals surface area (Å²) < 4.78 is 0. The van der Waals surface area contributed by atoms with Crippen molar-refractivity contribution in [2.75, 3.05) is 0 Å². The Hall–Kier alpha value is -2.51. The number of aryl methyl sites for hydroxylation is 2. The molecule has 122 valence electrons. The number of nitrogens with one attached hydrogen (secondary N) is 2. The van der Waals surface area contributed by atoms with Gasteiger partial charge in [-0.05, 0) is 37.4 Å². The molecular weight excluding hydrogens is 342 g/mol. The first-order valence-corrected chi connectivity index (χ1v) is 8.98. The SMILES string of the molecule is Cc1ccc(C(=O)NNC(=O)c2sc(-c3ccsc3)nc2C)cc1. The van der Waals surface area contributed by atoms with Crippen molar-refractivity contribution in [2.24, 2.45) is 0 Å². The first kappa shape index (κ1) is 16.4. The van der Waals surface area contributed by atoms with Gasteiger partial charge in [-0.25, -0.2) is 4.98 Å². The number of thiazole rings is 1. The molecule has 0 aliphatic carbocycles. The second-order valence-electron chi connectivity index (χ2n) is 5.22. The third kappa shape index (κ3) is 3.52. The molecule has 24 heavy (non-hydrogen) atoms. The zero-order valence-corrected chi connectivity index (χ0v) is 14.8. The van der Waals surface area contributed by atoms with E-state index >= 15 is 0 Å². The summed E-state index contributed by atoms with van der Waals surface area (Å²) in [6.07, 6.45) is 0. The van der Waals surface area contributed by atoms with E-state index in [1.54, 1.807) is 30.4 Å². The van der Waals surface area contributed by atoms with Gasteiger partial charge in [0.05, 0.1) is 5.69 Å². The average Bonchev–Trinajstić information content (AvgIpc) is 3.22. The highest BCUT2D eigenvalue weighted by atomic mass is 32.1. The molecule has 0 saturated heterocycles. The number of aromatic nitrogens is 1. The lowest BCUT2D eigenvalue weighted by atomic mass is 10.1. The van der Waals surface area contributed by atoms with Gasteiger partial charge in [0.2, 0.25) is 0 Å². The van der Waals surface area contributed by atoms with Crippen molar-refractivity contribution in [2.45, 2.75) is 13.8 Å². The zero-order valence-electron chi connectivity index (χ0n) is 13.1. The molecule has 3 aromatic rings. The number of amides is 2. The second-order valence-corrected chi connectivity index (χ2v) is 7.00. The van der Waals surface area contributed by atoms with Gasteiger partial charge in [0, 0.05) is 16.5 Å². The number of thiophene rings is 1. The van der Waals surface area contributed by atoms with Crippen LogP contribution in [0.3, 0.4) is 0 Å². The molecule has 2 N–H and O–H groups in total. The number of rotatable bonds is 3. The van der Waals surface area contributed by atoms with Gasteiger partial charge in [-0.15, -0.1) is 11.3 Å². The predicted molar refractivity (Wildman–Crippen MR) is 96.3 cm³/mol. The van der Waals surface area contributed by atoms with E-state index in [1.807, 2.05) is 35.9 Å². The number of carbonyl (C=O) groups is 2. The molecule has 0 fully saturated rings. The van der Waals surface area contributed by atoms with Crippen LogP contribution in [0.1, 0.15) is 31.3 Å². The molecule has 2 amide bonds. The minimum absolute atomic E-state index is 0.358. The van der Waals surface area contributed by atoms with E-state index in [-0.39, 0.29) is 11.8 Å². The Morgan fingerprint density at radius 3 is 2.38 bits per heavy atom. The molecule has 0 spiro atoms.